The minimum absolute atomic E-state index is 0.0400. The van der Waals surface area contributed by atoms with E-state index in [-0.39, 0.29) is 28.0 Å². The summed E-state index contributed by atoms with van der Waals surface area (Å²) in [6.45, 7) is 11.9. The topological polar surface area (TPSA) is 34.1 Å². The van der Waals surface area contributed by atoms with Gasteiger partial charge in [0.1, 0.15) is 0 Å². The van der Waals surface area contributed by atoms with Crippen molar-refractivity contribution < 1.29 is 22.8 Å². The van der Waals surface area contributed by atoms with Crippen LogP contribution in [-0.4, -0.2) is 17.7 Å². The maximum absolute atomic E-state index is 13.1. The van der Waals surface area contributed by atoms with Crippen LogP contribution in [-0.2, 0) is 10.8 Å². The van der Waals surface area contributed by atoms with E-state index in [0.29, 0.717) is 0 Å². The predicted octanol–water partition coefficient (Wildman–Crippen LogP) is 6.84. The van der Waals surface area contributed by atoms with Gasteiger partial charge >= 0.3 is 6.18 Å². The number of benzene rings is 2. The zero-order valence-corrected chi connectivity index (χ0v) is 18.1. The Hall–Kier alpha value is -2.69. The van der Waals surface area contributed by atoms with Crippen molar-refractivity contribution in [2.75, 3.05) is 0 Å². The van der Waals surface area contributed by atoms with E-state index in [4.69, 9.17) is 0 Å². The second-order valence-electron chi connectivity index (χ2n) is 9.41. The number of hydrogen-bond acceptors (Lipinski definition) is 2. The molecule has 0 saturated carbocycles. The lowest BCUT2D eigenvalue weighted by atomic mass is 9.85. The van der Waals surface area contributed by atoms with E-state index in [1.54, 1.807) is 24.3 Å². The van der Waals surface area contributed by atoms with Gasteiger partial charge in [0.15, 0.2) is 11.6 Å². The summed E-state index contributed by atoms with van der Waals surface area (Å²) in [4.78, 5) is 25.7. The van der Waals surface area contributed by atoms with Crippen molar-refractivity contribution in [1.82, 2.24) is 0 Å². The Kier molecular flexibility index (Phi) is 6.45. The summed E-state index contributed by atoms with van der Waals surface area (Å²) >= 11 is 0. The fourth-order valence-electron chi connectivity index (χ4n) is 2.95. The molecule has 0 aliphatic heterocycles. The quantitative estimate of drug-likeness (QED) is 0.237. The van der Waals surface area contributed by atoms with Gasteiger partial charge in [0.05, 0.1) is 5.57 Å². The Morgan fingerprint density at radius 1 is 0.633 bits per heavy atom. The molecule has 0 spiro atoms. The Balaban J connectivity index is 2.45. The Bertz CT molecular complexity index is 878. The highest BCUT2D eigenvalue weighted by atomic mass is 19.4. The van der Waals surface area contributed by atoms with Gasteiger partial charge in [0.25, 0.3) is 0 Å². The van der Waals surface area contributed by atoms with Gasteiger partial charge in [-0.25, -0.2) is 0 Å². The average molecular weight is 416 g/mol. The van der Waals surface area contributed by atoms with Crippen molar-refractivity contribution >= 4 is 11.6 Å². The minimum atomic E-state index is -4.79. The number of halogens is 3. The number of alkyl halides is 3. The Morgan fingerprint density at radius 2 is 0.933 bits per heavy atom. The zero-order chi connectivity index (χ0) is 22.9. The molecule has 0 saturated heterocycles. The third-order valence-corrected chi connectivity index (χ3v) is 4.82. The summed E-state index contributed by atoms with van der Waals surface area (Å²) in [5, 5.41) is 0. The van der Waals surface area contributed by atoms with Crippen LogP contribution in [0.15, 0.2) is 60.2 Å². The Labute approximate surface area is 175 Å². The van der Waals surface area contributed by atoms with E-state index in [0.717, 1.165) is 11.1 Å². The van der Waals surface area contributed by atoms with Gasteiger partial charge in [-0.2, -0.15) is 13.2 Å². The first-order valence-electron chi connectivity index (χ1n) is 9.70. The average Bonchev–Trinajstić information content (AvgIpc) is 2.63. The highest BCUT2D eigenvalue weighted by molar-refractivity contribution is 6.31. The lowest BCUT2D eigenvalue weighted by Gasteiger charge is -2.19. The molecule has 2 aromatic rings. The van der Waals surface area contributed by atoms with Crippen LogP contribution in [0.3, 0.4) is 0 Å². The number of carbonyl (C=O) groups excluding carboxylic acids is 2. The summed E-state index contributed by atoms with van der Waals surface area (Å²) in [7, 11) is 0. The molecule has 160 valence electrons. The fraction of sp³-hybridized carbons (Fsp3) is 0.360. The second kappa shape index (κ2) is 8.21. The normalized spacial score (nSPS) is 12.4. The molecule has 0 heterocycles. The molecule has 30 heavy (non-hydrogen) atoms. The summed E-state index contributed by atoms with van der Waals surface area (Å²) in [5.41, 5.74) is 0.716. The third-order valence-electron chi connectivity index (χ3n) is 4.82. The molecule has 0 aliphatic carbocycles. The number of ketones is 2. The van der Waals surface area contributed by atoms with Gasteiger partial charge in [-0.3, -0.25) is 9.59 Å². The van der Waals surface area contributed by atoms with Crippen molar-refractivity contribution in [2.24, 2.45) is 0 Å². The summed E-state index contributed by atoms with van der Waals surface area (Å²) in [6, 6.07) is 12.6. The molecule has 0 unspecified atom stereocenters. The molecule has 2 nitrogen and oxygen atoms in total. The molecule has 0 radical (unpaired) electrons. The van der Waals surface area contributed by atoms with Crippen LogP contribution in [0, 0.1) is 0 Å². The standard InChI is InChI=1S/C25H27F3O2/c1-23(2,3)18-11-7-16(8-12-18)21(29)20(15-25(26,27)28)22(30)17-9-13-19(14-10-17)24(4,5)6/h7-15H,1-6H3. The summed E-state index contributed by atoms with van der Waals surface area (Å²) in [6.07, 6.45) is -5.00. The first-order chi connectivity index (χ1) is 13.6. The summed E-state index contributed by atoms with van der Waals surface area (Å²) in [5.74, 6) is -1.89. The Morgan fingerprint density at radius 3 is 1.17 bits per heavy atom. The van der Waals surface area contributed by atoms with Gasteiger partial charge in [-0.05, 0) is 22.0 Å². The van der Waals surface area contributed by atoms with E-state index < -0.39 is 23.3 Å². The molecule has 0 amide bonds. The van der Waals surface area contributed by atoms with Crippen molar-refractivity contribution in [3.8, 4) is 0 Å². The number of carbonyl (C=O) groups is 2. The molecule has 0 N–H and O–H groups in total. The molecule has 0 aliphatic rings. The molecule has 0 bridgehead atoms. The van der Waals surface area contributed by atoms with E-state index in [1.807, 2.05) is 41.5 Å². The highest BCUT2D eigenvalue weighted by Gasteiger charge is 2.31. The molecule has 2 rings (SSSR count). The fourth-order valence-corrected chi connectivity index (χ4v) is 2.95. The molecule has 0 atom stereocenters. The predicted molar refractivity (Wildman–Crippen MR) is 113 cm³/mol. The van der Waals surface area contributed by atoms with Gasteiger partial charge < -0.3 is 0 Å². The van der Waals surface area contributed by atoms with Crippen molar-refractivity contribution in [1.29, 1.82) is 0 Å². The van der Waals surface area contributed by atoms with Crippen molar-refractivity contribution in [3.05, 3.63) is 82.4 Å². The number of hydrogen-bond donors (Lipinski definition) is 0. The van der Waals surface area contributed by atoms with Gasteiger partial charge in [-0.15, -0.1) is 0 Å². The SMILES string of the molecule is CC(C)(C)c1ccc(C(=O)C(=CC(F)(F)F)C(=O)c2ccc(C(C)(C)C)cc2)cc1. The second-order valence-corrected chi connectivity index (χ2v) is 9.41. The number of allylic oxidation sites excluding steroid dienone is 2. The van der Waals surface area contributed by atoms with Crippen LogP contribution < -0.4 is 0 Å². The van der Waals surface area contributed by atoms with E-state index >= 15 is 0 Å². The molecule has 0 fully saturated rings. The summed E-state index contributed by atoms with van der Waals surface area (Å²) < 4.78 is 39.4. The maximum Gasteiger partial charge on any atom is 0.410 e. The van der Waals surface area contributed by atoms with E-state index in [9.17, 15) is 22.8 Å². The van der Waals surface area contributed by atoms with E-state index in [1.165, 1.54) is 24.3 Å². The van der Waals surface area contributed by atoms with E-state index in [2.05, 4.69) is 0 Å². The smallest absolute Gasteiger partial charge is 0.288 e. The molecule has 5 heteroatoms. The number of Topliss-reactive ketones (excluding diaryl/α,β-unsaturated/α-hetero) is 2. The van der Waals surface area contributed by atoms with Gasteiger partial charge in [0, 0.05) is 17.2 Å². The first kappa shape index (κ1) is 23.6. The monoisotopic (exact) mass is 416 g/mol. The van der Waals surface area contributed by atoms with Crippen LogP contribution in [0.2, 0.25) is 0 Å². The number of rotatable bonds is 4. The van der Waals surface area contributed by atoms with Gasteiger partial charge in [-0.1, -0.05) is 90.1 Å². The largest absolute Gasteiger partial charge is 0.410 e. The van der Waals surface area contributed by atoms with Crippen LogP contribution in [0.25, 0.3) is 0 Å². The zero-order valence-electron chi connectivity index (χ0n) is 18.1. The van der Waals surface area contributed by atoms with Crippen LogP contribution in [0.4, 0.5) is 13.2 Å². The van der Waals surface area contributed by atoms with Crippen LogP contribution >= 0.6 is 0 Å². The lowest BCUT2D eigenvalue weighted by Crippen LogP contribution is -2.19. The molecule has 0 aromatic heterocycles. The molecule has 2 aromatic carbocycles. The molecular formula is C25H27F3O2. The minimum Gasteiger partial charge on any atom is -0.288 e. The first-order valence-corrected chi connectivity index (χ1v) is 9.70. The molecular weight excluding hydrogens is 389 g/mol. The highest BCUT2D eigenvalue weighted by Crippen LogP contribution is 2.27. The third kappa shape index (κ3) is 5.91. The lowest BCUT2D eigenvalue weighted by molar-refractivity contribution is -0.0803. The van der Waals surface area contributed by atoms with Crippen molar-refractivity contribution in [3.63, 3.8) is 0 Å². The maximum atomic E-state index is 13.1. The van der Waals surface area contributed by atoms with Crippen LogP contribution in [0.1, 0.15) is 73.4 Å². The van der Waals surface area contributed by atoms with Crippen LogP contribution in [0.5, 0.6) is 0 Å². The van der Waals surface area contributed by atoms with Crippen molar-refractivity contribution in [2.45, 2.75) is 58.5 Å². The van der Waals surface area contributed by atoms with Gasteiger partial charge in [0.2, 0.25) is 0 Å².